The molecule has 2 nitrogen and oxygen atoms in total. The fourth-order valence-electron chi connectivity index (χ4n) is 2.47. The van der Waals surface area contributed by atoms with Crippen LogP contribution >= 0.6 is 11.6 Å². The lowest BCUT2D eigenvalue weighted by molar-refractivity contribution is 0.0861. The number of ketones is 2. The number of hydrogen-bond acceptors (Lipinski definition) is 2. The highest BCUT2D eigenvalue weighted by Crippen LogP contribution is 2.43. The summed E-state index contributed by atoms with van der Waals surface area (Å²) in [7, 11) is 0. The molecule has 3 rings (SSSR count). The Morgan fingerprint density at radius 2 is 1.47 bits per heavy atom. The molecule has 0 fully saturated rings. The summed E-state index contributed by atoms with van der Waals surface area (Å²) in [5, 5.41) is 0. The fourth-order valence-corrected chi connectivity index (χ4v) is 2.80. The molecule has 0 saturated heterocycles. The molecule has 0 radical (unpaired) electrons. The summed E-state index contributed by atoms with van der Waals surface area (Å²) in [6, 6.07) is 14.0. The number of benzene rings is 2. The molecule has 0 spiro atoms. The molecule has 0 bridgehead atoms. The van der Waals surface area contributed by atoms with Gasteiger partial charge in [-0.2, -0.15) is 0 Å². The zero-order chi connectivity index (χ0) is 13.6. The summed E-state index contributed by atoms with van der Waals surface area (Å²) in [5.41, 5.74) is 2.32. The van der Waals surface area contributed by atoms with Crippen molar-refractivity contribution in [1.82, 2.24) is 0 Å². The van der Waals surface area contributed by atoms with Crippen LogP contribution in [0.1, 0.15) is 31.8 Å². The highest BCUT2D eigenvalue weighted by Gasteiger charge is 2.52. The van der Waals surface area contributed by atoms with Crippen molar-refractivity contribution >= 4 is 23.2 Å². The quantitative estimate of drug-likeness (QED) is 0.587. The fraction of sp³-hybridized carbons (Fsp3) is 0.125. The molecule has 94 valence electrons. The van der Waals surface area contributed by atoms with Gasteiger partial charge in [-0.1, -0.05) is 65.7 Å². The molecule has 0 amide bonds. The summed E-state index contributed by atoms with van der Waals surface area (Å²) >= 11 is 6.44. The third-order valence-electron chi connectivity index (χ3n) is 3.46. The van der Waals surface area contributed by atoms with Gasteiger partial charge in [0.1, 0.15) is 0 Å². The van der Waals surface area contributed by atoms with Gasteiger partial charge >= 0.3 is 0 Å². The van der Waals surface area contributed by atoms with Gasteiger partial charge in [0.2, 0.25) is 0 Å². The van der Waals surface area contributed by atoms with Crippen molar-refractivity contribution in [3.05, 3.63) is 70.8 Å². The van der Waals surface area contributed by atoms with E-state index in [1.54, 1.807) is 42.5 Å². The van der Waals surface area contributed by atoms with Crippen LogP contribution in [-0.4, -0.2) is 11.6 Å². The predicted octanol–water partition coefficient (Wildman–Crippen LogP) is 3.51. The Morgan fingerprint density at radius 3 is 2.00 bits per heavy atom. The Kier molecular flexibility index (Phi) is 2.58. The van der Waals surface area contributed by atoms with Crippen LogP contribution in [0.2, 0.25) is 0 Å². The number of hydrogen-bond donors (Lipinski definition) is 0. The molecule has 0 atom stereocenters. The largest absolute Gasteiger partial charge is 0.291 e. The maximum atomic E-state index is 12.5. The highest BCUT2D eigenvalue weighted by atomic mass is 35.5. The van der Waals surface area contributed by atoms with Gasteiger partial charge in [0.05, 0.1) is 0 Å². The summed E-state index contributed by atoms with van der Waals surface area (Å²) in [5.74, 6) is -0.666. The third-order valence-corrected chi connectivity index (χ3v) is 4.02. The van der Waals surface area contributed by atoms with E-state index in [2.05, 4.69) is 0 Å². The van der Waals surface area contributed by atoms with Gasteiger partial charge in [0.25, 0.3) is 0 Å². The molecule has 0 saturated carbocycles. The van der Waals surface area contributed by atoms with E-state index >= 15 is 0 Å². The average molecular weight is 271 g/mol. The zero-order valence-electron chi connectivity index (χ0n) is 10.3. The average Bonchev–Trinajstić information content (AvgIpc) is 2.63. The maximum Gasteiger partial charge on any atom is 0.196 e. The Labute approximate surface area is 116 Å². The minimum absolute atomic E-state index is 0.333. The van der Waals surface area contributed by atoms with Gasteiger partial charge in [0, 0.05) is 11.1 Å². The Bertz CT molecular complexity index is 668. The van der Waals surface area contributed by atoms with E-state index in [0.29, 0.717) is 16.7 Å². The first-order valence-electron chi connectivity index (χ1n) is 6.00. The highest BCUT2D eigenvalue weighted by molar-refractivity contribution is 6.54. The minimum atomic E-state index is -1.60. The van der Waals surface area contributed by atoms with Crippen LogP contribution in [0.4, 0.5) is 0 Å². The summed E-state index contributed by atoms with van der Waals surface area (Å²) in [6.45, 7) is 1.90. The molecule has 0 aliphatic heterocycles. The first-order chi connectivity index (χ1) is 9.05. The number of halogens is 1. The molecule has 1 aliphatic carbocycles. The van der Waals surface area contributed by atoms with E-state index in [1.165, 1.54) is 0 Å². The van der Waals surface area contributed by atoms with Gasteiger partial charge in [-0.15, -0.1) is 0 Å². The molecule has 2 aromatic carbocycles. The smallest absolute Gasteiger partial charge is 0.196 e. The van der Waals surface area contributed by atoms with Gasteiger partial charge in [-0.05, 0) is 12.5 Å². The number of carbonyl (C=O) groups is 2. The van der Waals surface area contributed by atoms with Crippen LogP contribution < -0.4 is 0 Å². The van der Waals surface area contributed by atoms with E-state index in [0.717, 1.165) is 5.56 Å². The van der Waals surface area contributed by atoms with Gasteiger partial charge < -0.3 is 0 Å². The lowest BCUT2D eigenvalue weighted by Gasteiger charge is -2.18. The number of carbonyl (C=O) groups excluding carboxylic acids is 2. The molecule has 0 N–H and O–H groups in total. The van der Waals surface area contributed by atoms with E-state index < -0.39 is 4.87 Å². The molecule has 3 heteroatoms. The number of Topliss-reactive ketones (excluding diaryl/α,β-unsaturated/α-hetero) is 2. The van der Waals surface area contributed by atoms with Crippen molar-refractivity contribution in [2.24, 2.45) is 0 Å². The van der Waals surface area contributed by atoms with Gasteiger partial charge in [-0.25, -0.2) is 0 Å². The molecular formula is C16H11ClO2. The first-order valence-corrected chi connectivity index (χ1v) is 6.37. The second-order valence-electron chi connectivity index (χ2n) is 4.73. The summed E-state index contributed by atoms with van der Waals surface area (Å²) in [4.78, 5) is 23.4. The van der Waals surface area contributed by atoms with Crippen molar-refractivity contribution < 1.29 is 9.59 Å². The lowest BCUT2D eigenvalue weighted by Crippen LogP contribution is -2.32. The first kappa shape index (κ1) is 12.1. The Hall–Kier alpha value is -1.93. The zero-order valence-corrected chi connectivity index (χ0v) is 11.1. The Balaban J connectivity index is 2.23. The monoisotopic (exact) mass is 270 g/mol. The summed E-state index contributed by atoms with van der Waals surface area (Å²) < 4.78 is 0. The second-order valence-corrected chi connectivity index (χ2v) is 5.30. The number of rotatable bonds is 1. The van der Waals surface area contributed by atoms with Crippen LogP contribution in [0.5, 0.6) is 0 Å². The topological polar surface area (TPSA) is 34.1 Å². The number of aryl methyl sites for hydroxylation is 1. The second kappa shape index (κ2) is 4.04. The van der Waals surface area contributed by atoms with Crippen molar-refractivity contribution in [1.29, 1.82) is 0 Å². The van der Waals surface area contributed by atoms with Crippen LogP contribution in [0.15, 0.2) is 48.5 Å². The van der Waals surface area contributed by atoms with Gasteiger partial charge in [0.15, 0.2) is 16.4 Å². The van der Waals surface area contributed by atoms with Crippen molar-refractivity contribution in [3.63, 3.8) is 0 Å². The van der Waals surface area contributed by atoms with E-state index in [1.807, 2.05) is 13.0 Å². The molecule has 1 aliphatic rings. The molecule has 0 aromatic heterocycles. The number of alkyl halides is 1. The standard InChI is InChI=1S/C16H11ClO2/c1-10-5-4-6-11(9-10)16(17)14(18)12-7-2-3-8-13(12)15(16)19/h2-9H,1H3. The van der Waals surface area contributed by atoms with Crippen LogP contribution in [0.25, 0.3) is 0 Å². The third kappa shape index (κ3) is 1.57. The predicted molar refractivity (Wildman–Crippen MR) is 73.8 cm³/mol. The van der Waals surface area contributed by atoms with E-state index in [9.17, 15) is 9.59 Å². The Morgan fingerprint density at radius 1 is 0.895 bits per heavy atom. The van der Waals surface area contributed by atoms with Crippen LogP contribution in [-0.2, 0) is 4.87 Å². The van der Waals surface area contributed by atoms with Crippen molar-refractivity contribution in [2.45, 2.75) is 11.8 Å². The van der Waals surface area contributed by atoms with Gasteiger partial charge in [-0.3, -0.25) is 9.59 Å². The van der Waals surface area contributed by atoms with Crippen molar-refractivity contribution in [3.8, 4) is 0 Å². The molecule has 19 heavy (non-hydrogen) atoms. The lowest BCUT2D eigenvalue weighted by atomic mass is 9.92. The van der Waals surface area contributed by atoms with E-state index in [4.69, 9.17) is 11.6 Å². The molecule has 0 unspecified atom stereocenters. The van der Waals surface area contributed by atoms with Crippen LogP contribution in [0, 0.1) is 6.92 Å². The summed E-state index contributed by atoms with van der Waals surface area (Å²) in [6.07, 6.45) is 0. The minimum Gasteiger partial charge on any atom is -0.291 e. The molecule has 2 aromatic rings. The molecular weight excluding hydrogens is 260 g/mol. The van der Waals surface area contributed by atoms with Crippen molar-refractivity contribution in [2.75, 3.05) is 0 Å². The number of fused-ring (bicyclic) bond motifs is 1. The SMILES string of the molecule is Cc1cccc(C2(Cl)C(=O)c3ccccc3C2=O)c1. The van der Waals surface area contributed by atoms with E-state index in [-0.39, 0.29) is 11.6 Å². The molecule has 0 heterocycles. The maximum absolute atomic E-state index is 12.5. The normalized spacial score (nSPS) is 16.5. The van der Waals surface area contributed by atoms with Crippen LogP contribution in [0.3, 0.4) is 0 Å².